The van der Waals surface area contributed by atoms with Crippen LogP contribution in [0.15, 0.2) is 18.2 Å². The van der Waals surface area contributed by atoms with Gasteiger partial charge < -0.3 is 9.47 Å². The molecule has 0 saturated carbocycles. The predicted molar refractivity (Wildman–Crippen MR) is 63.6 cm³/mol. The average molecular weight is 256 g/mol. The maximum atomic E-state index is 13.1. The minimum absolute atomic E-state index is 0.136. The molecule has 0 bridgehead atoms. The number of ether oxygens (including phenoxy) is 2. The van der Waals surface area contributed by atoms with Gasteiger partial charge in [0.05, 0.1) is 13.7 Å². The molecule has 1 aliphatic rings. The lowest BCUT2D eigenvalue weighted by molar-refractivity contribution is -0.137. The van der Waals surface area contributed by atoms with Crippen LogP contribution in [0.3, 0.4) is 0 Å². The lowest BCUT2D eigenvalue weighted by Gasteiger charge is -2.09. The van der Waals surface area contributed by atoms with Gasteiger partial charge in [-0.25, -0.2) is 4.39 Å². The predicted octanol–water partition coefficient (Wildman–Crippen LogP) is 2.38. The Labute approximate surface area is 103 Å². The fraction of sp³-hybridized carbons (Fsp3) is 0.417. The molecule has 17 heavy (non-hydrogen) atoms. The lowest BCUT2D eigenvalue weighted by atomic mass is 10.2. The highest BCUT2D eigenvalue weighted by atomic mass is 32.2. The largest absolute Gasteiger partial charge is 0.496 e. The molecule has 2 rings (SSSR count). The van der Waals surface area contributed by atoms with Gasteiger partial charge in [-0.1, -0.05) is 0 Å². The van der Waals surface area contributed by atoms with Crippen molar-refractivity contribution in [1.82, 2.24) is 0 Å². The van der Waals surface area contributed by atoms with Crippen molar-refractivity contribution < 1.29 is 18.7 Å². The van der Waals surface area contributed by atoms with Crippen molar-refractivity contribution in [3.8, 4) is 5.75 Å². The van der Waals surface area contributed by atoms with Crippen molar-refractivity contribution in [2.24, 2.45) is 0 Å². The number of thioether (sulfide) groups is 1. The van der Waals surface area contributed by atoms with Gasteiger partial charge in [-0.3, -0.25) is 4.79 Å². The van der Waals surface area contributed by atoms with Gasteiger partial charge in [0.15, 0.2) is 0 Å². The first-order chi connectivity index (χ1) is 8.20. The molecule has 1 heterocycles. The van der Waals surface area contributed by atoms with Crippen LogP contribution < -0.4 is 4.74 Å². The van der Waals surface area contributed by atoms with Gasteiger partial charge in [0, 0.05) is 17.7 Å². The van der Waals surface area contributed by atoms with Crippen LogP contribution in [0.25, 0.3) is 0 Å². The van der Waals surface area contributed by atoms with Crippen LogP contribution in [0.4, 0.5) is 4.39 Å². The van der Waals surface area contributed by atoms with Gasteiger partial charge in [0.25, 0.3) is 0 Å². The van der Waals surface area contributed by atoms with Crippen molar-refractivity contribution in [2.45, 2.75) is 17.4 Å². The van der Waals surface area contributed by atoms with Crippen LogP contribution >= 0.6 is 11.8 Å². The van der Waals surface area contributed by atoms with E-state index in [1.807, 2.05) is 0 Å². The van der Waals surface area contributed by atoms with Crippen LogP contribution in [-0.4, -0.2) is 24.9 Å². The van der Waals surface area contributed by atoms with Gasteiger partial charge in [-0.2, -0.15) is 0 Å². The summed E-state index contributed by atoms with van der Waals surface area (Å²) >= 11 is 1.46. The standard InChI is InChI=1S/C12H13FO3S/c1-15-10-3-2-9(13)6-8(10)7-17-11-4-5-16-12(11)14/h2-3,6,11H,4-5,7H2,1H3. The van der Waals surface area contributed by atoms with E-state index in [2.05, 4.69) is 0 Å². The summed E-state index contributed by atoms with van der Waals surface area (Å²) in [4.78, 5) is 11.3. The van der Waals surface area contributed by atoms with Crippen LogP contribution in [-0.2, 0) is 15.3 Å². The normalized spacial score (nSPS) is 19.2. The molecular formula is C12H13FO3S. The molecule has 0 amide bonds. The van der Waals surface area contributed by atoms with E-state index < -0.39 is 0 Å². The Hall–Kier alpha value is -1.23. The molecule has 1 aliphatic heterocycles. The summed E-state index contributed by atoms with van der Waals surface area (Å²) in [5.74, 6) is 0.715. The summed E-state index contributed by atoms with van der Waals surface area (Å²) in [5.41, 5.74) is 0.761. The Morgan fingerprint density at radius 1 is 1.59 bits per heavy atom. The van der Waals surface area contributed by atoms with Gasteiger partial charge in [-0.15, -0.1) is 11.8 Å². The number of methoxy groups -OCH3 is 1. The maximum Gasteiger partial charge on any atom is 0.319 e. The zero-order chi connectivity index (χ0) is 12.3. The Bertz CT molecular complexity index is 422. The van der Waals surface area contributed by atoms with Crippen LogP contribution in [0.2, 0.25) is 0 Å². The minimum Gasteiger partial charge on any atom is -0.496 e. The minimum atomic E-state index is -0.296. The van der Waals surface area contributed by atoms with Gasteiger partial charge in [-0.05, 0) is 18.2 Å². The molecule has 0 aromatic heterocycles. The molecule has 1 saturated heterocycles. The van der Waals surface area contributed by atoms with Crippen LogP contribution in [0, 0.1) is 5.82 Å². The van der Waals surface area contributed by atoms with E-state index in [0.29, 0.717) is 18.1 Å². The summed E-state index contributed by atoms with van der Waals surface area (Å²) in [7, 11) is 1.55. The number of carbonyl (C=O) groups is 1. The molecule has 1 unspecified atom stereocenters. The van der Waals surface area contributed by atoms with Gasteiger partial charge in [0.1, 0.15) is 16.8 Å². The van der Waals surface area contributed by atoms with E-state index in [-0.39, 0.29) is 17.0 Å². The zero-order valence-corrected chi connectivity index (χ0v) is 10.3. The molecule has 0 spiro atoms. The van der Waals surface area contributed by atoms with E-state index in [1.165, 1.54) is 23.9 Å². The second kappa shape index (κ2) is 5.40. The van der Waals surface area contributed by atoms with Crippen molar-refractivity contribution in [3.63, 3.8) is 0 Å². The molecule has 0 N–H and O–H groups in total. The summed E-state index contributed by atoms with van der Waals surface area (Å²) in [5, 5.41) is -0.136. The molecule has 0 aliphatic carbocycles. The number of rotatable bonds is 4. The number of halogens is 1. The second-order valence-electron chi connectivity index (χ2n) is 3.71. The fourth-order valence-corrected chi connectivity index (χ4v) is 2.75. The first-order valence-corrected chi connectivity index (χ1v) is 6.36. The molecule has 92 valence electrons. The first-order valence-electron chi connectivity index (χ1n) is 5.31. The third kappa shape index (κ3) is 2.91. The molecular weight excluding hydrogens is 243 g/mol. The molecule has 1 aromatic rings. The number of hydrogen-bond donors (Lipinski definition) is 0. The number of cyclic esters (lactones) is 1. The Balaban J connectivity index is 2.02. The highest BCUT2D eigenvalue weighted by Crippen LogP contribution is 2.29. The molecule has 5 heteroatoms. The van der Waals surface area contributed by atoms with E-state index in [9.17, 15) is 9.18 Å². The van der Waals surface area contributed by atoms with Crippen LogP contribution in [0.1, 0.15) is 12.0 Å². The Morgan fingerprint density at radius 2 is 2.41 bits per heavy atom. The van der Waals surface area contributed by atoms with E-state index in [0.717, 1.165) is 12.0 Å². The molecule has 0 radical (unpaired) electrons. The summed E-state index contributed by atoms with van der Waals surface area (Å²) in [6, 6.07) is 4.39. The topological polar surface area (TPSA) is 35.5 Å². The summed E-state index contributed by atoms with van der Waals surface area (Å²) in [6.45, 7) is 0.483. The second-order valence-corrected chi connectivity index (χ2v) is 4.90. The summed E-state index contributed by atoms with van der Waals surface area (Å²) < 4.78 is 23.1. The third-order valence-corrected chi connectivity index (χ3v) is 3.88. The highest BCUT2D eigenvalue weighted by molar-refractivity contribution is 7.99. The lowest BCUT2D eigenvalue weighted by Crippen LogP contribution is -2.09. The van der Waals surface area contributed by atoms with Crippen molar-refractivity contribution in [3.05, 3.63) is 29.6 Å². The number of esters is 1. The molecule has 3 nitrogen and oxygen atoms in total. The average Bonchev–Trinajstić information content (AvgIpc) is 2.72. The van der Waals surface area contributed by atoms with E-state index in [4.69, 9.17) is 9.47 Å². The van der Waals surface area contributed by atoms with E-state index in [1.54, 1.807) is 13.2 Å². The highest BCUT2D eigenvalue weighted by Gasteiger charge is 2.26. The first kappa shape index (κ1) is 12.2. The number of benzene rings is 1. The maximum absolute atomic E-state index is 13.1. The van der Waals surface area contributed by atoms with E-state index >= 15 is 0 Å². The molecule has 1 atom stereocenters. The van der Waals surface area contributed by atoms with Gasteiger partial charge >= 0.3 is 5.97 Å². The Morgan fingerprint density at radius 3 is 3.06 bits per heavy atom. The quantitative estimate of drug-likeness (QED) is 0.775. The Kier molecular flexibility index (Phi) is 3.89. The molecule has 1 aromatic carbocycles. The van der Waals surface area contributed by atoms with Crippen LogP contribution in [0.5, 0.6) is 5.75 Å². The number of carbonyl (C=O) groups excluding carboxylic acids is 1. The van der Waals surface area contributed by atoms with Crippen molar-refractivity contribution in [1.29, 1.82) is 0 Å². The van der Waals surface area contributed by atoms with Crippen molar-refractivity contribution in [2.75, 3.05) is 13.7 Å². The van der Waals surface area contributed by atoms with Crippen molar-refractivity contribution >= 4 is 17.7 Å². The monoisotopic (exact) mass is 256 g/mol. The fourth-order valence-electron chi connectivity index (χ4n) is 1.68. The summed E-state index contributed by atoms with van der Waals surface area (Å²) in [6.07, 6.45) is 0.723. The van der Waals surface area contributed by atoms with Gasteiger partial charge in [0.2, 0.25) is 0 Å². The third-order valence-electron chi connectivity index (χ3n) is 2.57. The molecule has 1 fully saturated rings. The smallest absolute Gasteiger partial charge is 0.319 e. The zero-order valence-electron chi connectivity index (χ0n) is 9.44. The number of hydrogen-bond acceptors (Lipinski definition) is 4. The SMILES string of the molecule is COc1ccc(F)cc1CSC1CCOC1=O.